The van der Waals surface area contributed by atoms with E-state index in [4.69, 9.17) is 17.3 Å². The first-order valence-electron chi connectivity index (χ1n) is 5.62. The average Bonchev–Trinajstić information content (AvgIpc) is 2.74. The third-order valence-electron chi connectivity index (χ3n) is 2.63. The SMILES string of the molecule is CCc1[nH]nc(C(=O)Nc2ccc(Cl)cc2F)c1N. The molecule has 0 saturated carbocycles. The van der Waals surface area contributed by atoms with E-state index in [1.54, 1.807) is 0 Å². The number of aromatic amines is 1. The summed E-state index contributed by atoms with van der Waals surface area (Å²) in [6.07, 6.45) is 0.626. The van der Waals surface area contributed by atoms with Crippen molar-refractivity contribution in [1.29, 1.82) is 0 Å². The maximum absolute atomic E-state index is 13.5. The van der Waals surface area contributed by atoms with E-state index in [0.29, 0.717) is 12.1 Å². The van der Waals surface area contributed by atoms with E-state index in [1.165, 1.54) is 12.1 Å². The van der Waals surface area contributed by atoms with Gasteiger partial charge >= 0.3 is 0 Å². The molecule has 0 aliphatic heterocycles. The predicted molar refractivity (Wildman–Crippen MR) is 71.7 cm³/mol. The number of carbonyl (C=O) groups is 1. The monoisotopic (exact) mass is 282 g/mol. The number of amides is 1. The summed E-state index contributed by atoms with van der Waals surface area (Å²) in [4.78, 5) is 11.9. The van der Waals surface area contributed by atoms with Crippen LogP contribution in [0.5, 0.6) is 0 Å². The lowest BCUT2D eigenvalue weighted by Crippen LogP contribution is -2.15. The number of nitrogens with zero attached hydrogens (tertiary/aromatic N) is 1. The van der Waals surface area contributed by atoms with Crippen LogP contribution in [0.25, 0.3) is 0 Å². The fourth-order valence-corrected chi connectivity index (χ4v) is 1.76. The standard InChI is InChI=1S/C12H12ClFN4O/c1-2-8-10(15)11(18-17-8)12(19)16-9-4-3-6(13)5-7(9)14/h3-5H,2,15H2,1H3,(H,16,19)(H,17,18). The van der Waals surface area contributed by atoms with Gasteiger partial charge in [-0.05, 0) is 24.6 Å². The molecular weight excluding hydrogens is 271 g/mol. The van der Waals surface area contributed by atoms with Crippen LogP contribution in [0.3, 0.4) is 0 Å². The summed E-state index contributed by atoms with van der Waals surface area (Å²) in [6.45, 7) is 1.88. The van der Waals surface area contributed by atoms with Crippen LogP contribution in [-0.4, -0.2) is 16.1 Å². The molecule has 0 bridgehead atoms. The summed E-state index contributed by atoms with van der Waals surface area (Å²) >= 11 is 5.63. The van der Waals surface area contributed by atoms with E-state index in [9.17, 15) is 9.18 Å². The number of aryl methyl sites for hydroxylation is 1. The van der Waals surface area contributed by atoms with Gasteiger partial charge in [0.25, 0.3) is 5.91 Å². The Bertz CT molecular complexity index is 626. The lowest BCUT2D eigenvalue weighted by molar-refractivity contribution is 0.102. The van der Waals surface area contributed by atoms with Gasteiger partial charge in [-0.25, -0.2) is 4.39 Å². The molecule has 0 radical (unpaired) electrons. The largest absolute Gasteiger partial charge is 0.395 e. The van der Waals surface area contributed by atoms with Crippen molar-refractivity contribution >= 4 is 28.9 Å². The molecule has 1 amide bonds. The van der Waals surface area contributed by atoms with Crippen LogP contribution in [0.2, 0.25) is 5.02 Å². The van der Waals surface area contributed by atoms with Gasteiger partial charge in [0.2, 0.25) is 0 Å². The zero-order chi connectivity index (χ0) is 14.0. The number of nitrogen functional groups attached to an aromatic ring is 1. The first kappa shape index (κ1) is 13.4. The Morgan fingerprint density at radius 1 is 1.58 bits per heavy atom. The summed E-state index contributed by atoms with van der Waals surface area (Å²) in [7, 11) is 0. The smallest absolute Gasteiger partial charge is 0.278 e. The second-order valence-corrected chi connectivity index (χ2v) is 4.33. The van der Waals surface area contributed by atoms with Crippen LogP contribution in [0.4, 0.5) is 15.8 Å². The molecule has 2 rings (SSSR count). The summed E-state index contributed by atoms with van der Waals surface area (Å²) in [5.74, 6) is -1.19. The Balaban J connectivity index is 2.23. The van der Waals surface area contributed by atoms with Gasteiger partial charge in [0.1, 0.15) is 5.82 Å². The van der Waals surface area contributed by atoms with Crippen molar-refractivity contribution in [2.24, 2.45) is 0 Å². The maximum Gasteiger partial charge on any atom is 0.278 e. The Morgan fingerprint density at radius 2 is 2.32 bits per heavy atom. The van der Waals surface area contributed by atoms with Crippen molar-refractivity contribution in [3.8, 4) is 0 Å². The fourth-order valence-electron chi connectivity index (χ4n) is 1.60. The van der Waals surface area contributed by atoms with Crippen molar-refractivity contribution in [3.05, 3.63) is 40.4 Å². The number of nitrogens with one attached hydrogen (secondary N) is 2. The number of halogens is 2. The number of H-pyrrole nitrogens is 1. The molecule has 0 saturated heterocycles. The molecule has 7 heteroatoms. The van der Waals surface area contributed by atoms with Crippen molar-refractivity contribution < 1.29 is 9.18 Å². The number of benzene rings is 1. The number of carbonyl (C=O) groups excluding carboxylic acids is 1. The molecule has 0 unspecified atom stereocenters. The van der Waals surface area contributed by atoms with Gasteiger partial charge in [0, 0.05) is 5.02 Å². The van der Waals surface area contributed by atoms with Gasteiger partial charge in [-0.15, -0.1) is 0 Å². The molecule has 100 valence electrons. The molecule has 0 aliphatic carbocycles. The number of aromatic nitrogens is 2. The van der Waals surface area contributed by atoms with Crippen molar-refractivity contribution in [2.45, 2.75) is 13.3 Å². The summed E-state index contributed by atoms with van der Waals surface area (Å²) in [5, 5.41) is 9.13. The maximum atomic E-state index is 13.5. The molecule has 2 aromatic rings. The van der Waals surface area contributed by atoms with E-state index in [-0.39, 0.29) is 22.1 Å². The van der Waals surface area contributed by atoms with Crippen molar-refractivity contribution in [1.82, 2.24) is 10.2 Å². The third kappa shape index (κ3) is 2.68. The van der Waals surface area contributed by atoms with Gasteiger partial charge in [-0.1, -0.05) is 18.5 Å². The van der Waals surface area contributed by atoms with Gasteiger partial charge in [-0.3, -0.25) is 9.89 Å². The first-order valence-corrected chi connectivity index (χ1v) is 5.99. The zero-order valence-corrected chi connectivity index (χ0v) is 10.9. The van der Waals surface area contributed by atoms with Crippen LogP contribution in [0.1, 0.15) is 23.1 Å². The highest BCUT2D eigenvalue weighted by atomic mass is 35.5. The van der Waals surface area contributed by atoms with E-state index < -0.39 is 11.7 Å². The van der Waals surface area contributed by atoms with Gasteiger partial charge in [0.15, 0.2) is 5.69 Å². The Morgan fingerprint density at radius 3 is 2.89 bits per heavy atom. The minimum atomic E-state index is -0.620. The molecule has 1 aromatic heterocycles. The molecule has 0 spiro atoms. The number of nitrogens with two attached hydrogens (primary N) is 1. The lowest BCUT2D eigenvalue weighted by atomic mass is 10.2. The predicted octanol–water partition coefficient (Wildman–Crippen LogP) is 2.60. The quantitative estimate of drug-likeness (QED) is 0.809. The van der Waals surface area contributed by atoms with Crippen LogP contribution in [0.15, 0.2) is 18.2 Å². The number of anilines is 2. The van der Waals surface area contributed by atoms with Crippen LogP contribution in [0, 0.1) is 5.82 Å². The second-order valence-electron chi connectivity index (χ2n) is 3.90. The molecule has 1 aromatic carbocycles. The fraction of sp³-hybridized carbons (Fsp3) is 0.167. The summed E-state index contributed by atoms with van der Waals surface area (Å²) in [6, 6.07) is 3.97. The highest BCUT2D eigenvalue weighted by molar-refractivity contribution is 6.30. The Kier molecular flexibility index (Phi) is 3.71. The Hall–Kier alpha value is -2.08. The molecule has 19 heavy (non-hydrogen) atoms. The summed E-state index contributed by atoms with van der Waals surface area (Å²) < 4.78 is 13.5. The number of hydrogen-bond donors (Lipinski definition) is 3. The highest BCUT2D eigenvalue weighted by Crippen LogP contribution is 2.21. The van der Waals surface area contributed by atoms with Gasteiger partial charge in [0.05, 0.1) is 17.1 Å². The number of rotatable bonds is 3. The van der Waals surface area contributed by atoms with Crippen LogP contribution in [-0.2, 0) is 6.42 Å². The molecule has 1 heterocycles. The first-order chi connectivity index (χ1) is 9.02. The highest BCUT2D eigenvalue weighted by Gasteiger charge is 2.17. The normalized spacial score (nSPS) is 10.5. The minimum Gasteiger partial charge on any atom is -0.395 e. The van der Waals surface area contributed by atoms with Crippen molar-refractivity contribution in [3.63, 3.8) is 0 Å². The average molecular weight is 283 g/mol. The minimum absolute atomic E-state index is 0.0230. The molecule has 0 aliphatic rings. The van der Waals surface area contributed by atoms with E-state index in [0.717, 1.165) is 6.07 Å². The number of hydrogen-bond acceptors (Lipinski definition) is 3. The zero-order valence-electron chi connectivity index (χ0n) is 10.1. The summed E-state index contributed by atoms with van der Waals surface area (Å²) in [5.41, 5.74) is 6.77. The van der Waals surface area contributed by atoms with E-state index in [2.05, 4.69) is 15.5 Å². The van der Waals surface area contributed by atoms with E-state index >= 15 is 0 Å². The molecule has 0 atom stereocenters. The van der Waals surface area contributed by atoms with Crippen molar-refractivity contribution in [2.75, 3.05) is 11.1 Å². The molecule has 0 fully saturated rings. The second kappa shape index (κ2) is 5.27. The van der Waals surface area contributed by atoms with E-state index in [1.807, 2.05) is 6.92 Å². The van der Waals surface area contributed by atoms with Crippen LogP contribution >= 0.6 is 11.6 Å². The topological polar surface area (TPSA) is 83.8 Å². The van der Waals surface area contributed by atoms with Gasteiger partial charge < -0.3 is 11.1 Å². The van der Waals surface area contributed by atoms with Crippen LogP contribution < -0.4 is 11.1 Å². The third-order valence-corrected chi connectivity index (χ3v) is 2.87. The van der Waals surface area contributed by atoms with Gasteiger partial charge in [-0.2, -0.15) is 5.10 Å². The molecular formula is C12H12ClFN4O. The molecule has 4 N–H and O–H groups in total. The molecule has 5 nitrogen and oxygen atoms in total. The lowest BCUT2D eigenvalue weighted by Gasteiger charge is -2.05. The Labute approximate surface area is 114 Å².